The van der Waals surface area contributed by atoms with Crippen molar-refractivity contribution in [3.05, 3.63) is 66.5 Å². The highest BCUT2D eigenvalue weighted by Crippen LogP contribution is 2.19. The van der Waals surface area contributed by atoms with Gasteiger partial charge in [0.2, 0.25) is 0 Å². The predicted octanol–water partition coefficient (Wildman–Crippen LogP) is 4.02. The molecule has 0 saturated carbocycles. The van der Waals surface area contributed by atoms with Gasteiger partial charge in [-0.2, -0.15) is 0 Å². The van der Waals surface area contributed by atoms with Crippen molar-refractivity contribution in [3.8, 4) is 5.75 Å². The number of carbonyl (C=O) groups excluding carboxylic acids is 1. The summed E-state index contributed by atoms with van der Waals surface area (Å²) >= 11 is 0. The molecular formula is C21H24N2O3. The lowest BCUT2D eigenvalue weighted by Crippen LogP contribution is -2.41. The summed E-state index contributed by atoms with van der Waals surface area (Å²) in [5.74, 6) is 0.968. The number of hydrogen-bond donors (Lipinski definition) is 0. The van der Waals surface area contributed by atoms with E-state index in [2.05, 4.69) is 23.2 Å². The molecule has 0 N–H and O–H groups in total. The maximum atomic E-state index is 12.1. The number of rotatable bonds is 6. The second-order valence-corrected chi connectivity index (χ2v) is 6.34. The van der Waals surface area contributed by atoms with Crippen molar-refractivity contribution in [3.63, 3.8) is 0 Å². The average Bonchev–Trinajstić information content (AvgIpc) is 2.70. The standard InChI is InChI=1S/C21H24N2O3/c24-21(26-20-9-4-12-22-16-20)23-13-10-19(11-14-23)17-25-15-5-8-18-6-2-1-3-7-18/h1-9,12,16,19H,10-11,13-15,17H2. The van der Waals surface area contributed by atoms with Crippen LogP contribution in [-0.4, -0.2) is 42.3 Å². The van der Waals surface area contributed by atoms with Gasteiger partial charge in [-0.3, -0.25) is 4.98 Å². The zero-order valence-corrected chi connectivity index (χ0v) is 14.8. The molecule has 1 fully saturated rings. The Morgan fingerprint density at radius 1 is 1.15 bits per heavy atom. The molecule has 1 saturated heterocycles. The number of likely N-dealkylation sites (tertiary alicyclic amines) is 1. The Hall–Kier alpha value is -2.66. The summed E-state index contributed by atoms with van der Waals surface area (Å²) < 4.78 is 11.1. The lowest BCUT2D eigenvalue weighted by molar-refractivity contribution is 0.0799. The fourth-order valence-electron chi connectivity index (χ4n) is 2.91. The molecule has 0 spiro atoms. The summed E-state index contributed by atoms with van der Waals surface area (Å²) in [4.78, 5) is 17.8. The average molecular weight is 352 g/mol. The number of ether oxygens (including phenoxy) is 2. The molecule has 1 aromatic heterocycles. The Balaban J connectivity index is 1.32. The van der Waals surface area contributed by atoms with E-state index in [-0.39, 0.29) is 6.09 Å². The molecule has 0 bridgehead atoms. The minimum atomic E-state index is -0.303. The largest absolute Gasteiger partial charge is 0.415 e. The van der Waals surface area contributed by atoms with Crippen molar-refractivity contribution < 1.29 is 14.3 Å². The molecule has 3 rings (SSSR count). The summed E-state index contributed by atoms with van der Waals surface area (Å²) in [5, 5.41) is 0. The van der Waals surface area contributed by atoms with Crippen LogP contribution in [0.5, 0.6) is 5.75 Å². The van der Waals surface area contributed by atoms with Crippen LogP contribution in [0.15, 0.2) is 60.9 Å². The zero-order valence-electron chi connectivity index (χ0n) is 14.8. The molecule has 136 valence electrons. The van der Waals surface area contributed by atoms with Crippen molar-refractivity contribution in [1.29, 1.82) is 0 Å². The van der Waals surface area contributed by atoms with Gasteiger partial charge in [0.1, 0.15) is 0 Å². The third-order valence-electron chi connectivity index (χ3n) is 4.39. The van der Waals surface area contributed by atoms with Gasteiger partial charge in [-0.05, 0) is 36.5 Å². The predicted molar refractivity (Wildman–Crippen MR) is 101 cm³/mol. The van der Waals surface area contributed by atoms with Crippen molar-refractivity contribution in [1.82, 2.24) is 9.88 Å². The lowest BCUT2D eigenvalue weighted by atomic mass is 9.98. The fourth-order valence-corrected chi connectivity index (χ4v) is 2.91. The van der Waals surface area contributed by atoms with Crippen LogP contribution >= 0.6 is 0 Å². The molecule has 1 aromatic carbocycles. The van der Waals surface area contributed by atoms with Crippen molar-refractivity contribution >= 4 is 12.2 Å². The smallest absolute Gasteiger partial charge is 0.409 e. The van der Waals surface area contributed by atoms with Crippen LogP contribution < -0.4 is 4.74 Å². The Bertz CT molecular complexity index is 696. The number of aromatic nitrogens is 1. The van der Waals surface area contributed by atoms with E-state index >= 15 is 0 Å². The van der Waals surface area contributed by atoms with Gasteiger partial charge in [0.05, 0.1) is 12.8 Å². The quantitative estimate of drug-likeness (QED) is 0.737. The molecule has 5 nitrogen and oxygen atoms in total. The molecule has 1 aliphatic rings. The molecule has 1 aliphatic heterocycles. The normalized spacial score (nSPS) is 15.3. The van der Waals surface area contributed by atoms with Gasteiger partial charge >= 0.3 is 6.09 Å². The maximum absolute atomic E-state index is 12.1. The van der Waals surface area contributed by atoms with Crippen LogP contribution in [0.25, 0.3) is 6.08 Å². The minimum absolute atomic E-state index is 0.303. The molecule has 2 aromatic rings. The number of nitrogens with zero attached hydrogens (tertiary/aromatic N) is 2. The highest BCUT2D eigenvalue weighted by molar-refractivity contribution is 5.70. The summed E-state index contributed by atoms with van der Waals surface area (Å²) in [6, 6.07) is 13.7. The number of carbonyl (C=O) groups is 1. The number of benzene rings is 1. The number of amides is 1. The minimum Gasteiger partial charge on any atom is -0.409 e. The molecule has 2 heterocycles. The van der Waals surface area contributed by atoms with E-state index in [0.29, 0.717) is 31.4 Å². The van der Waals surface area contributed by atoms with Crippen LogP contribution in [0.3, 0.4) is 0 Å². The number of piperidine rings is 1. The lowest BCUT2D eigenvalue weighted by Gasteiger charge is -2.30. The second kappa shape index (κ2) is 9.73. The van der Waals surface area contributed by atoms with Gasteiger partial charge in [0.15, 0.2) is 5.75 Å². The Morgan fingerprint density at radius 3 is 2.69 bits per heavy atom. The van der Waals surface area contributed by atoms with E-state index < -0.39 is 0 Å². The van der Waals surface area contributed by atoms with Crippen LogP contribution in [0, 0.1) is 5.92 Å². The molecule has 26 heavy (non-hydrogen) atoms. The van der Waals surface area contributed by atoms with E-state index in [4.69, 9.17) is 9.47 Å². The summed E-state index contributed by atoms with van der Waals surface area (Å²) in [6.45, 7) is 2.74. The maximum Gasteiger partial charge on any atom is 0.415 e. The fraction of sp³-hybridized carbons (Fsp3) is 0.333. The van der Waals surface area contributed by atoms with E-state index in [1.807, 2.05) is 24.3 Å². The molecule has 0 atom stereocenters. The third kappa shape index (κ3) is 5.70. The zero-order chi connectivity index (χ0) is 18.0. The molecule has 0 unspecified atom stereocenters. The molecule has 5 heteroatoms. The van der Waals surface area contributed by atoms with Gasteiger partial charge in [0, 0.05) is 25.9 Å². The monoisotopic (exact) mass is 352 g/mol. The Morgan fingerprint density at radius 2 is 1.96 bits per heavy atom. The van der Waals surface area contributed by atoms with Gasteiger partial charge in [-0.15, -0.1) is 0 Å². The SMILES string of the molecule is O=C(Oc1cccnc1)N1CCC(COCC=Cc2ccccc2)CC1. The summed E-state index contributed by atoms with van der Waals surface area (Å²) in [5.41, 5.74) is 1.18. The van der Waals surface area contributed by atoms with E-state index in [9.17, 15) is 4.79 Å². The van der Waals surface area contributed by atoms with Gasteiger partial charge < -0.3 is 14.4 Å². The Kier molecular flexibility index (Phi) is 6.79. The molecular weight excluding hydrogens is 328 g/mol. The third-order valence-corrected chi connectivity index (χ3v) is 4.39. The topological polar surface area (TPSA) is 51.7 Å². The highest BCUT2D eigenvalue weighted by Gasteiger charge is 2.24. The second-order valence-electron chi connectivity index (χ2n) is 6.34. The van der Waals surface area contributed by atoms with E-state index in [1.54, 1.807) is 29.4 Å². The molecule has 0 aliphatic carbocycles. The van der Waals surface area contributed by atoms with Gasteiger partial charge in [0.25, 0.3) is 0 Å². The highest BCUT2D eigenvalue weighted by atomic mass is 16.6. The van der Waals surface area contributed by atoms with Crippen LogP contribution in [0.4, 0.5) is 4.79 Å². The van der Waals surface area contributed by atoms with Gasteiger partial charge in [-0.25, -0.2) is 4.79 Å². The number of hydrogen-bond acceptors (Lipinski definition) is 4. The first-order valence-corrected chi connectivity index (χ1v) is 8.97. The summed E-state index contributed by atoms with van der Waals surface area (Å²) in [7, 11) is 0. The summed E-state index contributed by atoms with van der Waals surface area (Å²) in [6.07, 6.45) is 8.87. The molecule has 1 amide bonds. The first-order valence-electron chi connectivity index (χ1n) is 8.97. The first-order chi connectivity index (χ1) is 12.8. The van der Waals surface area contributed by atoms with E-state index in [0.717, 1.165) is 19.4 Å². The van der Waals surface area contributed by atoms with Gasteiger partial charge in [-0.1, -0.05) is 42.5 Å². The van der Waals surface area contributed by atoms with Crippen molar-refractivity contribution in [2.75, 3.05) is 26.3 Å². The van der Waals surface area contributed by atoms with Crippen LogP contribution in [0.1, 0.15) is 18.4 Å². The Labute approximate surface area is 154 Å². The van der Waals surface area contributed by atoms with Crippen LogP contribution in [0.2, 0.25) is 0 Å². The first kappa shape index (κ1) is 18.1. The van der Waals surface area contributed by atoms with Crippen molar-refractivity contribution in [2.45, 2.75) is 12.8 Å². The molecule has 0 radical (unpaired) electrons. The van der Waals surface area contributed by atoms with Crippen LogP contribution in [-0.2, 0) is 4.74 Å². The van der Waals surface area contributed by atoms with E-state index in [1.165, 1.54) is 5.56 Å². The van der Waals surface area contributed by atoms with Crippen molar-refractivity contribution in [2.24, 2.45) is 5.92 Å². The number of pyridine rings is 1.